The Bertz CT molecular complexity index is 431. The summed E-state index contributed by atoms with van der Waals surface area (Å²) >= 11 is -0.814. The van der Waals surface area contributed by atoms with Crippen molar-refractivity contribution in [1.82, 2.24) is 0 Å². The van der Waals surface area contributed by atoms with E-state index in [1.54, 1.807) is 0 Å². The van der Waals surface area contributed by atoms with Crippen LogP contribution in [0, 0.1) is 0 Å². The molecule has 0 saturated carbocycles. The van der Waals surface area contributed by atoms with Crippen LogP contribution < -0.4 is 0 Å². The van der Waals surface area contributed by atoms with Crippen molar-refractivity contribution < 1.29 is 35.1 Å². The Hall–Kier alpha value is -0.990. The zero-order valence-electron chi connectivity index (χ0n) is 9.60. The van der Waals surface area contributed by atoms with Crippen molar-refractivity contribution in [1.29, 1.82) is 0 Å². The molecule has 0 bridgehead atoms. The standard InChI is InChI=1S/C11H8F8S/c12-8(13)9(14,15)10(16,17)11(18,19)20-6-7-4-2-1-3-5-7/h1-5,8H,6H2. The van der Waals surface area contributed by atoms with Gasteiger partial charge in [-0.25, -0.2) is 8.78 Å². The lowest BCUT2D eigenvalue weighted by atomic mass is 10.2. The second-order valence-corrected chi connectivity index (χ2v) is 4.88. The van der Waals surface area contributed by atoms with Gasteiger partial charge in [-0.15, -0.1) is 0 Å². The third-order valence-corrected chi connectivity index (χ3v) is 3.42. The summed E-state index contributed by atoms with van der Waals surface area (Å²) in [5.74, 6) is -13.0. The van der Waals surface area contributed by atoms with Crippen molar-refractivity contribution in [3.05, 3.63) is 35.9 Å². The summed E-state index contributed by atoms with van der Waals surface area (Å²) in [4.78, 5) is 0. The highest BCUT2D eigenvalue weighted by Gasteiger charge is 2.75. The number of hydrogen-bond acceptors (Lipinski definition) is 1. The number of rotatable bonds is 6. The van der Waals surface area contributed by atoms with Gasteiger partial charge >= 0.3 is 23.5 Å². The molecule has 1 rings (SSSR count). The average molecular weight is 324 g/mol. The summed E-state index contributed by atoms with van der Waals surface area (Å²) in [6, 6.07) is 7.02. The van der Waals surface area contributed by atoms with Gasteiger partial charge in [-0.3, -0.25) is 0 Å². The van der Waals surface area contributed by atoms with Gasteiger partial charge in [-0.05, 0) is 5.56 Å². The van der Waals surface area contributed by atoms with E-state index in [4.69, 9.17) is 0 Å². The maximum atomic E-state index is 13.1. The van der Waals surface area contributed by atoms with Crippen molar-refractivity contribution in [2.24, 2.45) is 0 Å². The highest BCUT2D eigenvalue weighted by atomic mass is 32.2. The van der Waals surface area contributed by atoms with E-state index in [-0.39, 0.29) is 5.56 Å². The van der Waals surface area contributed by atoms with Gasteiger partial charge in [-0.1, -0.05) is 42.1 Å². The Kier molecular flexibility index (Phi) is 4.94. The molecule has 0 unspecified atom stereocenters. The van der Waals surface area contributed by atoms with E-state index in [1.807, 2.05) is 0 Å². The van der Waals surface area contributed by atoms with Crippen LogP contribution >= 0.6 is 11.8 Å². The molecule has 0 aliphatic heterocycles. The zero-order valence-corrected chi connectivity index (χ0v) is 10.4. The van der Waals surface area contributed by atoms with Gasteiger partial charge in [0.15, 0.2) is 0 Å². The lowest BCUT2D eigenvalue weighted by Gasteiger charge is -2.31. The third kappa shape index (κ3) is 3.18. The summed E-state index contributed by atoms with van der Waals surface area (Å²) in [5, 5.41) is -5.33. The highest BCUT2D eigenvalue weighted by molar-refractivity contribution is 7.99. The SMILES string of the molecule is FC(F)C(F)(F)C(F)(F)C(F)(F)SCc1ccccc1. The van der Waals surface area contributed by atoms with Gasteiger partial charge in [0.1, 0.15) is 0 Å². The Morgan fingerprint density at radius 3 is 1.85 bits per heavy atom. The average Bonchev–Trinajstić information content (AvgIpc) is 2.37. The van der Waals surface area contributed by atoms with Gasteiger partial charge in [0.2, 0.25) is 0 Å². The molecule has 20 heavy (non-hydrogen) atoms. The van der Waals surface area contributed by atoms with E-state index < -0.39 is 41.0 Å². The molecular formula is C11H8F8S. The largest absolute Gasteiger partial charge is 0.387 e. The van der Waals surface area contributed by atoms with Crippen molar-refractivity contribution in [3.8, 4) is 0 Å². The second-order valence-electron chi connectivity index (χ2n) is 3.79. The van der Waals surface area contributed by atoms with Crippen molar-refractivity contribution >= 4 is 11.8 Å². The predicted molar refractivity (Wildman–Crippen MR) is 58.6 cm³/mol. The Labute approximate surface area is 113 Å². The summed E-state index contributed by atoms with van der Waals surface area (Å²) < 4.78 is 101. The number of halogens is 8. The molecule has 0 aromatic heterocycles. The number of thioether (sulfide) groups is 1. The van der Waals surface area contributed by atoms with Gasteiger partial charge in [0.05, 0.1) is 0 Å². The zero-order chi connectivity index (χ0) is 15.6. The molecule has 0 radical (unpaired) electrons. The van der Waals surface area contributed by atoms with Crippen molar-refractivity contribution in [2.75, 3.05) is 0 Å². The van der Waals surface area contributed by atoms with Gasteiger partial charge < -0.3 is 0 Å². The highest BCUT2D eigenvalue weighted by Crippen LogP contribution is 2.53. The maximum Gasteiger partial charge on any atom is 0.387 e. The molecule has 0 spiro atoms. The van der Waals surface area contributed by atoms with Gasteiger partial charge in [0.25, 0.3) is 0 Å². The molecule has 1 aromatic rings. The fourth-order valence-corrected chi connectivity index (χ4v) is 2.03. The van der Waals surface area contributed by atoms with Crippen molar-refractivity contribution in [3.63, 3.8) is 0 Å². The van der Waals surface area contributed by atoms with Gasteiger partial charge in [0, 0.05) is 5.75 Å². The van der Waals surface area contributed by atoms with Gasteiger partial charge in [-0.2, -0.15) is 26.3 Å². The van der Waals surface area contributed by atoms with Crippen LogP contribution in [0.3, 0.4) is 0 Å². The topological polar surface area (TPSA) is 0 Å². The van der Waals surface area contributed by atoms with E-state index in [0.717, 1.165) is 0 Å². The molecule has 0 saturated heterocycles. The molecule has 114 valence electrons. The fourth-order valence-electron chi connectivity index (χ4n) is 1.17. The first-order chi connectivity index (χ1) is 9.02. The molecule has 0 amide bonds. The summed E-state index contributed by atoms with van der Waals surface area (Å²) in [7, 11) is 0. The molecule has 9 heteroatoms. The summed E-state index contributed by atoms with van der Waals surface area (Å²) in [6.45, 7) is 0. The smallest absolute Gasteiger partial charge is 0.203 e. The van der Waals surface area contributed by atoms with Crippen LogP contribution in [0.2, 0.25) is 0 Å². The first-order valence-electron chi connectivity index (χ1n) is 5.12. The molecule has 0 aliphatic carbocycles. The van der Waals surface area contributed by atoms with Crippen LogP contribution in [0.4, 0.5) is 35.1 Å². The van der Waals surface area contributed by atoms with Crippen LogP contribution in [0.25, 0.3) is 0 Å². The van der Waals surface area contributed by atoms with E-state index in [2.05, 4.69) is 0 Å². The lowest BCUT2D eigenvalue weighted by Crippen LogP contribution is -2.56. The monoisotopic (exact) mass is 324 g/mol. The summed E-state index contributed by atoms with van der Waals surface area (Å²) in [5.41, 5.74) is 0.174. The molecule has 0 fully saturated rings. The molecular weight excluding hydrogens is 316 g/mol. The van der Waals surface area contributed by atoms with Crippen LogP contribution in [-0.2, 0) is 5.75 Å². The predicted octanol–water partition coefficient (Wildman–Crippen LogP) is 5.05. The fraction of sp³-hybridized carbons (Fsp3) is 0.455. The van der Waals surface area contributed by atoms with E-state index >= 15 is 0 Å². The van der Waals surface area contributed by atoms with Crippen molar-refractivity contribution in [2.45, 2.75) is 29.3 Å². The Balaban J connectivity index is 2.87. The second kappa shape index (κ2) is 5.79. The first kappa shape index (κ1) is 17.1. The number of hydrogen-bond donors (Lipinski definition) is 0. The maximum absolute atomic E-state index is 13.1. The van der Waals surface area contributed by atoms with Crippen LogP contribution in [-0.4, -0.2) is 23.5 Å². The molecule has 0 atom stereocenters. The molecule has 1 aromatic carbocycles. The Morgan fingerprint density at radius 2 is 1.40 bits per heavy atom. The van der Waals surface area contributed by atoms with E-state index in [0.29, 0.717) is 0 Å². The first-order valence-corrected chi connectivity index (χ1v) is 6.10. The number of alkyl halides is 8. The van der Waals surface area contributed by atoms with E-state index in [9.17, 15) is 35.1 Å². The van der Waals surface area contributed by atoms with Crippen LogP contribution in [0.1, 0.15) is 5.56 Å². The summed E-state index contributed by atoms with van der Waals surface area (Å²) in [6.07, 6.45) is -4.89. The minimum atomic E-state index is -6.16. The molecule has 0 heterocycles. The Morgan fingerprint density at radius 1 is 0.900 bits per heavy atom. The molecule has 0 nitrogen and oxygen atoms in total. The molecule has 0 aliphatic rings. The third-order valence-electron chi connectivity index (χ3n) is 2.32. The normalized spacial score (nSPS) is 13.8. The quantitative estimate of drug-likeness (QED) is 0.660. The number of benzene rings is 1. The minimum Gasteiger partial charge on any atom is -0.203 e. The lowest BCUT2D eigenvalue weighted by molar-refractivity contribution is -0.312. The minimum absolute atomic E-state index is 0.174. The van der Waals surface area contributed by atoms with Crippen LogP contribution in [0.5, 0.6) is 0 Å². The van der Waals surface area contributed by atoms with E-state index in [1.165, 1.54) is 30.3 Å². The van der Waals surface area contributed by atoms with Crippen LogP contribution in [0.15, 0.2) is 30.3 Å². The molecule has 0 N–H and O–H groups in total.